The normalized spacial score (nSPS) is 12.0. The van der Waals surface area contributed by atoms with E-state index >= 15 is 0 Å². The van der Waals surface area contributed by atoms with E-state index in [0.717, 1.165) is 22.0 Å². The van der Waals surface area contributed by atoms with Gasteiger partial charge in [-0.3, -0.25) is 0 Å². The SMILES string of the molecule is COc1cccc(C(CNC(=O)N(Cc2ccco2)Cc2cccs2)N(C)C)c1. The van der Waals surface area contributed by atoms with E-state index in [1.807, 2.05) is 68.0 Å². The zero-order valence-electron chi connectivity index (χ0n) is 17.0. The van der Waals surface area contributed by atoms with Crippen LogP contribution < -0.4 is 10.1 Å². The fraction of sp³-hybridized carbons (Fsp3) is 0.318. The fourth-order valence-electron chi connectivity index (χ4n) is 3.12. The van der Waals surface area contributed by atoms with Crippen molar-refractivity contribution in [3.63, 3.8) is 0 Å². The number of rotatable bonds is 9. The number of hydrogen-bond acceptors (Lipinski definition) is 5. The highest BCUT2D eigenvalue weighted by atomic mass is 32.1. The van der Waals surface area contributed by atoms with E-state index in [-0.39, 0.29) is 12.1 Å². The summed E-state index contributed by atoms with van der Waals surface area (Å²) in [5, 5.41) is 5.11. The molecule has 29 heavy (non-hydrogen) atoms. The number of thiophene rings is 1. The van der Waals surface area contributed by atoms with Gasteiger partial charge in [0.05, 0.1) is 32.5 Å². The van der Waals surface area contributed by atoms with Gasteiger partial charge in [-0.05, 0) is 55.4 Å². The van der Waals surface area contributed by atoms with Crippen LogP contribution in [-0.4, -0.2) is 43.6 Å². The van der Waals surface area contributed by atoms with Crippen LogP contribution in [0.25, 0.3) is 0 Å². The van der Waals surface area contributed by atoms with E-state index in [1.54, 1.807) is 29.6 Å². The predicted octanol–water partition coefficient (Wildman–Crippen LogP) is 4.36. The van der Waals surface area contributed by atoms with Gasteiger partial charge in [0.1, 0.15) is 11.5 Å². The van der Waals surface area contributed by atoms with Crippen LogP contribution in [0.1, 0.15) is 22.2 Å². The molecule has 3 aromatic rings. The molecule has 0 aliphatic carbocycles. The highest BCUT2D eigenvalue weighted by Gasteiger charge is 2.20. The van der Waals surface area contributed by atoms with Crippen molar-refractivity contribution in [1.29, 1.82) is 0 Å². The van der Waals surface area contributed by atoms with E-state index in [2.05, 4.69) is 10.2 Å². The zero-order chi connectivity index (χ0) is 20.6. The molecule has 0 spiro atoms. The first kappa shape index (κ1) is 21.0. The number of amides is 2. The Morgan fingerprint density at radius 1 is 1.17 bits per heavy atom. The number of hydrogen-bond donors (Lipinski definition) is 1. The Morgan fingerprint density at radius 3 is 2.69 bits per heavy atom. The number of benzene rings is 1. The average molecular weight is 414 g/mol. The summed E-state index contributed by atoms with van der Waals surface area (Å²) in [6.45, 7) is 1.44. The van der Waals surface area contributed by atoms with Crippen LogP contribution in [0.3, 0.4) is 0 Å². The van der Waals surface area contributed by atoms with Crippen molar-refractivity contribution >= 4 is 17.4 Å². The number of methoxy groups -OCH3 is 1. The van der Waals surface area contributed by atoms with Crippen molar-refractivity contribution in [3.05, 3.63) is 76.4 Å². The molecule has 7 heteroatoms. The van der Waals surface area contributed by atoms with E-state index in [9.17, 15) is 4.79 Å². The molecule has 0 aliphatic rings. The topological polar surface area (TPSA) is 58.0 Å². The lowest BCUT2D eigenvalue weighted by atomic mass is 10.1. The summed E-state index contributed by atoms with van der Waals surface area (Å²) in [6.07, 6.45) is 1.63. The van der Waals surface area contributed by atoms with Crippen LogP contribution in [0.5, 0.6) is 5.75 Å². The number of likely N-dealkylation sites (N-methyl/N-ethyl adjacent to an activating group) is 1. The minimum Gasteiger partial charge on any atom is -0.497 e. The fourth-order valence-corrected chi connectivity index (χ4v) is 3.84. The Kier molecular flexibility index (Phi) is 7.32. The van der Waals surface area contributed by atoms with Gasteiger partial charge < -0.3 is 24.3 Å². The number of carbonyl (C=O) groups is 1. The summed E-state index contributed by atoms with van der Waals surface area (Å²) < 4.78 is 10.8. The van der Waals surface area contributed by atoms with Gasteiger partial charge in [0.2, 0.25) is 0 Å². The van der Waals surface area contributed by atoms with Gasteiger partial charge in [-0.25, -0.2) is 4.79 Å². The van der Waals surface area contributed by atoms with Crippen molar-refractivity contribution in [1.82, 2.24) is 15.1 Å². The molecule has 1 N–H and O–H groups in total. The molecular formula is C22H27N3O3S. The number of carbonyl (C=O) groups excluding carboxylic acids is 1. The van der Waals surface area contributed by atoms with Crippen LogP contribution in [0.4, 0.5) is 4.79 Å². The number of ether oxygens (including phenoxy) is 1. The van der Waals surface area contributed by atoms with Crippen molar-refractivity contribution in [2.45, 2.75) is 19.1 Å². The van der Waals surface area contributed by atoms with Crippen molar-refractivity contribution < 1.29 is 13.9 Å². The van der Waals surface area contributed by atoms with Gasteiger partial charge in [0, 0.05) is 11.4 Å². The third kappa shape index (κ3) is 5.85. The summed E-state index contributed by atoms with van der Waals surface area (Å²) >= 11 is 1.64. The van der Waals surface area contributed by atoms with Crippen molar-refractivity contribution in [3.8, 4) is 5.75 Å². The largest absolute Gasteiger partial charge is 0.497 e. The number of furan rings is 1. The Bertz CT molecular complexity index is 842. The Hall–Kier alpha value is -2.77. The predicted molar refractivity (Wildman–Crippen MR) is 115 cm³/mol. The summed E-state index contributed by atoms with van der Waals surface area (Å²) in [5.74, 6) is 1.56. The van der Waals surface area contributed by atoms with Gasteiger partial charge >= 0.3 is 6.03 Å². The molecule has 0 aliphatic heterocycles. The molecule has 2 amide bonds. The van der Waals surface area contributed by atoms with Crippen LogP contribution in [0.15, 0.2) is 64.6 Å². The average Bonchev–Trinajstić information content (AvgIpc) is 3.41. The third-order valence-electron chi connectivity index (χ3n) is 4.69. The molecule has 2 heterocycles. The molecule has 3 rings (SSSR count). The Labute approximate surface area is 175 Å². The maximum absolute atomic E-state index is 13.0. The minimum atomic E-state index is -0.121. The molecule has 0 fully saturated rings. The van der Waals surface area contributed by atoms with Crippen LogP contribution >= 0.6 is 11.3 Å². The van der Waals surface area contributed by atoms with Gasteiger partial charge in [0.15, 0.2) is 0 Å². The first-order valence-corrected chi connectivity index (χ1v) is 10.3. The van der Waals surface area contributed by atoms with Crippen LogP contribution in [-0.2, 0) is 13.1 Å². The molecule has 1 atom stereocenters. The van der Waals surface area contributed by atoms with E-state index in [1.165, 1.54) is 0 Å². The summed E-state index contributed by atoms with van der Waals surface area (Å²) in [4.78, 5) is 18.0. The Balaban J connectivity index is 1.69. The second-order valence-corrected chi connectivity index (χ2v) is 7.99. The molecule has 0 saturated heterocycles. The minimum absolute atomic E-state index is 0.0289. The highest BCUT2D eigenvalue weighted by molar-refractivity contribution is 7.09. The Morgan fingerprint density at radius 2 is 2.03 bits per heavy atom. The maximum atomic E-state index is 13.0. The lowest BCUT2D eigenvalue weighted by molar-refractivity contribution is 0.183. The maximum Gasteiger partial charge on any atom is 0.318 e. The quantitative estimate of drug-likeness (QED) is 0.566. The molecule has 6 nitrogen and oxygen atoms in total. The van der Waals surface area contributed by atoms with Crippen molar-refractivity contribution in [2.24, 2.45) is 0 Å². The first-order chi connectivity index (χ1) is 14.1. The molecular weight excluding hydrogens is 386 g/mol. The van der Waals surface area contributed by atoms with Gasteiger partial charge in [-0.1, -0.05) is 18.2 Å². The highest BCUT2D eigenvalue weighted by Crippen LogP contribution is 2.22. The molecule has 0 bridgehead atoms. The second kappa shape index (κ2) is 10.1. The summed E-state index contributed by atoms with van der Waals surface area (Å²) in [7, 11) is 5.66. The van der Waals surface area contributed by atoms with Gasteiger partial charge in [-0.15, -0.1) is 11.3 Å². The second-order valence-electron chi connectivity index (χ2n) is 6.96. The third-order valence-corrected chi connectivity index (χ3v) is 5.55. The summed E-state index contributed by atoms with van der Waals surface area (Å²) in [5.41, 5.74) is 1.09. The molecule has 1 aromatic carbocycles. The number of urea groups is 1. The van der Waals surface area contributed by atoms with E-state index in [4.69, 9.17) is 9.15 Å². The lowest BCUT2D eigenvalue weighted by Crippen LogP contribution is -2.42. The standard InChI is InChI=1S/C22H27N3O3S/c1-24(2)21(17-7-4-8-18(13-17)27-3)14-23-22(26)25(15-19-9-5-11-28-19)16-20-10-6-12-29-20/h4-13,21H,14-16H2,1-3H3,(H,23,26). The van der Waals surface area contributed by atoms with E-state index in [0.29, 0.717) is 19.6 Å². The molecule has 0 radical (unpaired) electrons. The van der Waals surface area contributed by atoms with Crippen LogP contribution in [0.2, 0.25) is 0 Å². The number of nitrogens with zero attached hydrogens (tertiary/aromatic N) is 2. The molecule has 154 valence electrons. The first-order valence-electron chi connectivity index (χ1n) is 9.44. The van der Waals surface area contributed by atoms with E-state index < -0.39 is 0 Å². The lowest BCUT2D eigenvalue weighted by Gasteiger charge is -2.28. The van der Waals surface area contributed by atoms with Gasteiger partial charge in [-0.2, -0.15) is 0 Å². The zero-order valence-corrected chi connectivity index (χ0v) is 17.8. The molecule has 1 unspecified atom stereocenters. The number of nitrogens with one attached hydrogen (secondary N) is 1. The van der Waals surface area contributed by atoms with Gasteiger partial charge in [0.25, 0.3) is 0 Å². The summed E-state index contributed by atoms with van der Waals surface area (Å²) in [6, 6.07) is 15.6. The molecule has 0 saturated carbocycles. The molecule has 2 aromatic heterocycles. The monoisotopic (exact) mass is 413 g/mol. The smallest absolute Gasteiger partial charge is 0.318 e. The van der Waals surface area contributed by atoms with Crippen molar-refractivity contribution in [2.75, 3.05) is 27.7 Å². The van der Waals surface area contributed by atoms with Crippen LogP contribution in [0, 0.1) is 0 Å².